The van der Waals surface area contributed by atoms with Crippen molar-refractivity contribution in [2.24, 2.45) is 5.10 Å². The molecule has 25 heavy (non-hydrogen) atoms. The van der Waals surface area contributed by atoms with E-state index in [2.05, 4.69) is 10.5 Å². The molecular formula is C18H19Cl2N3O2. The highest BCUT2D eigenvalue weighted by molar-refractivity contribution is 6.36. The zero-order valence-corrected chi connectivity index (χ0v) is 15.9. The fourth-order valence-corrected chi connectivity index (χ4v) is 2.81. The van der Waals surface area contributed by atoms with Crippen molar-refractivity contribution < 1.29 is 9.53 Å². The maximum atomic E-state index is 12.3. The first-order valence-corrected chi connectivity index (χ1v) is 8.23. The number of hydrogen-bond acceptors (Lipinski definition) is 4. The number of methoxy groups -OCH3 is 1. The van der Waals surface area contributed by atoms with Crippen LogP contribution < -0.4 is 15.1 Å². The van der Waals surface area contributed by atoms with Gasteiger partial charge in [-0.1, -0.05) is 29.3 Å². The average Bonchev–Trinajstić information content (AvgIpc) is 2.55. The molecule has 0 spiro atoms. The normalized spacial score (nSPS) is 10.8. The lowest BCUT2D eigenvalue weighted by Gasteiger charge is -2.13. The Morgan fingerprint density at radius 2 is 1.96 bits per heavy atom. The third-order valence-electron chi connectivity index (χ3n) is 3.60. The smallest absolute Gasteiger partial charge is 0.275 e. The molecule has 0 saturated carbocycles. The molecule has 0 aromatic heterocycles. The maximum Gasteiger partial charge on any atom is 0.275 e. The van der Waals surface area contributed by atoms with Gasteiger partial charge in [-0.05, 0) is 42.3 Å². The summed E-state index contributed by atoms with van der Waals surface area (Å²) in [6.45, 7) is 1.98. The molecule has 0 saturated heterocycles. The number of amides is 1. The van der Waals surface area contributed by atoms with E-state index in [1.54, 1.807) is 6.21 Å². The van der Waals surface area contributed by atoms with E-state index in [4.69, 9.17) is 27.9 Å². The van der Waals surface area contributed by atoms with Crippen molar-refractivity contribution in [3.8, 4) is 5.75 Å². The number of rotatable bonds is 5. The quantitative estimate of drug-likeness (QED) is 0.627. The van der Waals surface area contributed by atoms with Crippen LogP contribution in [0.5, 0.6) is 5.75 Å². The molecular weight excluding hydrogens is 361 g/mol. The standard InChI is InChI=1S/C18H19Cl2N3O2/c1-11-7-14(23(2)3)6-5-12(11)10-21-22-18(24)15-8-13(19)9-16(20)17(15)25-4/h5-10H,1-4H3,(H,22,24)/b21-10+. The summed E-state index contributed by atoms with van der Waals surface area (Å²) in [4.78, 5) is 14.3. The number of anilines is 1. The lowest BCUT2D eigenvalue weighted by molar-refractivity contribution is 0.0952. The molecule has 5 nitrogen and oxygen atoms in total. The fourth-order valence-electron chi connectivity index (χ4n) is 2.24. The number of aryl methyl sites for hydroxylation is 1. The Hall–Kier alpha value is -2.24. The van der Waals surface area contributed by atoms with E-state index in [1.165, 1.54) is 19.2 Å². The van der Waals surface area contributed by atoms with Gasteiger partial charge in [0, 0.05) is 24.8 Å². The van der Waals surface area contributed by atoms with E-state index in [0.717, 1.165) is 16.8 Å². The first-order valence-electron chi connectivity index (χ1n) is 7.48. The van der Waals surface area contributed by atoms with Crippen LogP contribution in [0.15, 0.2) is 35.4 Å². The Balaban J connectivity index is 2.16. The third-order valence-corrected chi connectivity index (χ3v) is 4.10. The summed E-state index contributed by atoms with van der Waals surface area (Å²) in [5, 5.41) is 4.61. The van der Waals surface area contributed by atoms with Crippen molar-refractivity contribution in [3.05, 3.63) is 57.1 Å². The molecule has 2 aromatic carbocycles. The maximum absolute atomic E-state index is 12.3. The average molecular weight is 380 g/mol. The van der Waals surface area contributed by atoms with Gasteiger partial charge in [0.05, 0.1) is 23.9 Å². The number of hydrogen-bond donors (Lipinski definition) is 1. The molecule has 0 unspecified atom stereocenters. The molecule has 0 atom stereocenters. The van der Waals surface area contributed by atoms with E-state index in [1.807, 2.05) is 44.1 Å². The van der Waals surface area contributed by atoms with Crippen molar-refractivity contribution in [2.45, 2.75) is 6.92 Å². The van der Waals surface area contributed by atoms with Gasteiger partial charge in [-0.25, -0.2) is 5.43 Å². The number of halogens is 2. The second-order valence-electron chi connectivity index (χ2n) is 5.60. The number of nitrogens with zero attached hydrogens (tertiary/aromatic N) is 2. The molecule has 0 aliphatic rings. The van der Waals surface area contributed by atoms with Crippen molar-refractivity contribution >= 4 is 41.0 Å². The summed E-state index contributed by atoms with van der Waals surface area (Å²) >= 11 is 12.0. The van der Waals surface area contributed by atoms with Crippen molar-refractivity contribution in [1.82, 2.24) is 5.43 Å². The minimum atomic E-state index is -0.458. The van der Waals surface area contributed by atoms with Crippen LogP contribution in [-0.2, 0) is 0 Å². The topological polar surface area (TPSA) is 53.9 Å². The molecule has 7 heteroatoms. The summed E-state index contributed by atoms with van der Waals surface area (Å²) in [6, 6.07) is 8.96. The SMILES string of the molecule is COc1c(Cl)cc(Cl)cc1C(=O)N/N=C/c1ccc(N(C)C)cc1C. The van der Waals surface area contributed by atoms with E-state index in [-0.39, 0.29) is 16.3 Å². The number of carbonyl (C=O) groups excluding carboxylic acids is 1. The van der Waals surface area contributed by atoms with E-state index in [9.17, 15) is 4.79 Å². The zero-order valence-electron chi connectivity index (χ0n) is 14.4. The Kier molecular flexibility index (Phi) is 6.28. The first-order chi connectivity index (χ1) is 11.8. The Labute approximate surface area is 157 Å². The zero-order chi connectivity index (χ0) is 18.6. The number of ether oxygens (including phenoxy) is 1. The predicted octanol–water partition coefficient (Wildman–Crippen LogP) is 4.14. The molecule has 0 aliphatic heterocycles. The van der Waals surface area contributed by atoms with Gasteiger partial charge in [0.25, 0.3) is 5.91 Å². The summed E-state index contributed by atoms with van der Waals surface area (Å²) in [7, 11) is 5.39. The van der Waals surface area contributed by atoms with E-state index < -0.39 is 5.91 Å². The van der Waals surface area contributed by atoms with Gasteiger partial charge in [-0.15, -0.1) is 0 Å². The molecule has 2 rings (SSSR count). The summed E-state index contributed by atoms with van der Waals surface area (Å²) in [6.07, 6.45) is 1.59. The van der Waals surface area contributed by atoms with Crippen molar-refractivity contribution in [1.29, 1.82) is 0 Å². The van der Waals surface area contributed by atoms with Gasteiger partial charge in [0.1, 0.15) is 5.75 Å². The second kappa shape index (κ2) is 8.23. The number of carbonyl (C=O) groups is 1. The van der Waals surface area contributed by atoms with Gasteiger partial charge < -0.3 is 9.64 Å². The highest BCUT2D eigenvalue weighted by Gasteiger charge is 2.16. The summed E-state index contributed by atoms with van der Waals surface area (Å²) < 4.78 is 5.16. The van der Waals surface area contributed by atoms with Crippen molar-refractivity contribution in [2.75, 3.05) is 26.1 Å². The van der Waals surface area contributed by atoms with Crippen LogP contribution in [0.2, 0.25) is 10.0 Å². The lowest BCUT2D eigenvalue weighted by Crippen LogP contribution is -2.18. The highest BCUT2D eigenvalue weighted by Crippen LogP contribution is 2.32. The monoisotopic (exact) mass is 379 g/mol. The Bertz CT molecular complexity index is 820. The van der Waals surface area contributed by atoms with Crippen LogP contribution in [0.25, 0.3) is 0 Å². The summed E-state index contributed by atoms with van der Waals surface area (Å²) in [5.41, 5.74) is 5.73. The van der Waals surface area contributed by atoms with Crippen LogP contribution >= 0.6 is 23.2 Å². The van der Waals surface area contributed by atoms with Gasteiger partial charge >= 0.3 is 0 Å². The van der Waals surface area contributed by atoms with Gasteiger partial charge in [0.2, 0.25) is 0 Å². The first kappa shape index (κ1) is 19.1. The molecule has 2 aromatic rings. The number of hydrazone groups is 1. The fraction of sp³-hybridized carbons (Fsp3) is 0.222. The molecule has 132 valence electrons. The highest BCUT2D eigenvalue weighted by atomic mass is 35.5. The van der Waals surface area contributed by atoms with Crippen LogP contribution in [-0.4, -0.2) is 33.3 Å². The van der Waals surface area contributed by atoms with Crippen LogP contribution in [0.4, 0.5) is 5.69 Å². The van der Waals surface area contributed by atoms with Gasteiger partial charge in [-0.3, -0.25) is 4.79 Å². The van der Waals surface area contributed by atoms with Crippen LogP contribution in [0.3, 0.4) is 0 Å². The molecule has 0 bridgehead atoms. The molecule has 0 heterocycles. The number of benzene rings is 2. The molecule has 1 amide bonds. The molecule has 0 aliphatic carbocycles. The third kappa shape index (κ3) is 4.65. The molecule has 1 N–H and O–H groups in total. The van der Waals surface area contributed by atoms with E-state index >= 15 is 0 Å². The van der Waals surface area contributed by atoms with Gasteiger partial charge in [0.15, 0.2) is 0 Å². The Morgan fingerprint density at radius 1 is 1.24 bits per heavy atom. The Morgan fingerprint density at radius 3 is 2.56 bits per heavy atom. The van der Waals surface area contributed by atoms with Crippen LogP contribution in [0.1, 0.15) is 21.5 Å². The largest absolute Gasteiger partial charge is 0.494 e. The molecule has 0 radical (unpaired) electrons. The summed E-state index contributed by atoms with van der Waals surface area (Å²) in [5.74, 6) is -0.203. The minimum Gasteiger partial charge on any atom is -0.494 e. The predicted molar refractivity (Wildman–Crippen MR) is 104 cm³/mol. The minimum absolute atomic E-state index is 0.219. The lowest BCUT2D eigenvalue weighted by atomic mass is 10.1. The molecule has 0 fully saturated rings. The second-order valence-corrected chi connectivity index (χ2v) is 6.45. The van der Waals surface area contributed by atoms with E-state index in [0.29, 0.717) is 5.02 Å². The van der Waals surface area contributed by atoms with Gasteiger partial charge in [-0.2, -0.15) is 5.10 Å². The number of nitrogens with one attached hydrogen (secondary N) is 1. The van der Waals surface area contributed by atoms with Crippen molar-refractivity contribution in [3.63, 3.8) is 0 Å². The van der Waals surface area contributed by atoms with Crippen LogP contribution in [0, 0.1) is 6.92 Å².